The van der Waals surface area contributed by atoms with Crippen LogP contribution in [0.5, 0.6) is 5.75 Å². The first-order valence-corrected chi connectivity index (χ1v) is 9.27. The third-order valence-corrected chi connectivity index (χ3v) is 3.79. The van der Waals surface area contributed by atoms with Crippen molar-refractivity contribution in [1.29, 1.82) is 0 Å². The summed E-state index contributed by atoms with van der Waals surface area (Å²) < 4.78 is 39.3. The first-order valence-electron chi connectivity index (χ1n) is 7.83. The summed E-state index contributed by atoms with van der Waals surface area (Å²) in [6.07, 6.45) is -0.873. The molecule has 0 aliphatic rings. The van der Waals surface area contributed by atoms with E-state index in [9.17, 15) is 13.2 Å². The minimum absolute atomic E-state index is 0. The molecule has 2 aromatic rings. The molecule has 0 heterocycles. The van der Waals surface area contributed by atoms with Crippen molar-refractivity contribution < 1.29 is 58.2 Å². The Morgan fingerprint density at radius 2 is 1.63 bits per heavy atom. The summed E-state index contributed by atoms with van der Waals surface area (Å²) in [4.78, 5) is 12.8. The number of benzene rings is 2. The van der Waals surface area contributed by atoms with Gasteiger partial charge in [0.2, 0.25) is 0 Å². The topological polar surface area (TPSA) is 93.1 Å². The summed E-state index contributed by atoms with van der Waals surface area (Å²) in [5.74, 6) is 0.130. The van der Waals surface area contributed by atoms with Crippen LogP contribution in [-0.4, -0.2) is 44.7 Å². The van der Waals surface area contributed by atoms with Crippen LogP contribution in [0.2, 0.25) is 0 Å². The van der Waals surface area contributed by atoms with Gasteiger partial charge in [-0.05, 0) is 50.8 Å². The van der Waals surface area contributed by atoms with Crippen LogP contribution in [0.4, 0.5) is 4.79 Å². The van der Waals surface area contributed by atoms with Gasteiger partial charge in [0.05, 0.1) is 11.5 Å². The molecule has 0 bridgehead atoms. The Labute approximate surface area is 183 Å². The summed E-state index contributed by atoms with van der Waals surface area (Å²) >= 11 is 0. The molecule has 0 saturated carbocycles. The standard InChI is InChI=1S/C9H13N.C9H10O6S.Na.H/c1-10(2)8-9-6-4-3-5-7-9;1-2-14-9(10)15-7-3-5-8(6-4-7)16(11,12)13;;/h3-7H,8H2,1-2H3;3-6H,2H2,1H3,(H,11,12,13);;/q;;+1;-1. The number of ether oxygens (including phenoxy) is 2. The molecule has 2 rings (SSSR count). The zero-order valence-corrected chi connectivity index (χ0v) is 18.8. The third kappa shape index (κ3) is 11.1. The average molecular weight is 405 g/mol. The van der Waals surface area contributed by atoms with Gasteiger partial charge in [0.25, 0.3) is 10.1 Å². The van der Waals surface area contributed by atoms with E-state index in [4.69, 9.17) is 4.55 Å². The fraction of sp³-hybridized carbons (Fsp3) is 0.278. The maximum absolute atomic E-state index is 10.9. The van der Waals surface area contributed by atoms with E-state index in [2.05, 4.69) is 52.7 Å². The zero-order chi connectivity index (χ0) is 19.6. The first-order chi connectivity index (χ1) is 12.2. The molecule has 0 radical (unpaired) electrons. The van der Waals surface area contributed by atoms with Gasteiger partial charge >= 0.3 is 35.7 Å². The molecular formula is C18H24NNaO6S. The Morgan fingerprint density at radius 3 is 2.07 bits per heavy atom. The smallest absolute Gasteiger partial charge is 1.00 e. The van der Waals surface area contributed by atoms with Gasteiger partial charge in [0.1, 0.15) is 5.75 Å². The Kier molecular flexibility index (Phi) is 12.2. The fourth-order valence-electron chi connectivity index (χ4n) is 1.87. The molecule has 0 saturated heterocycles. The monoisotopic (exact) mass is 405 g/mol. The maximum atomic E-state index is 10.9. The van der Waals surface area contributed by atoms with Crippen molar-refractivity contribution in [2.45, 2.75) is 18.4 Å². The van der Waals surface area contributed by atoms with Crippen LogP contribution < -0.4 is 34.3 Å². The van der Waals surface area contributed by atoms with Gasteiger partial charge in [-0.3, -0.25) is 4.55 Å². The second-order valence-corrected chi connectivity index (χ2v) is 6.88. The van der Waals surface area contributed by atoms with Crippen LogP contribution >= 0.6 is 0 Å². The number of carbonyl (C=O) groups excluding carboxylic acids is 1. The van der Waals surface area contributed by atoms with Crippen molar-refractivity contribution in [3.05, 3.63) is 60.2 Å². The molecule has 0 unspecified atom stereocenters. The molecule has 0 atom stereocenters. The summed E-state index contributed by atoms with van der Waals surface area (Å²) in [6, 6.07) is 15.2. The normalized spacial score (nSPS) is 10.3. The minimum atomic E-state index is -4.23. The molecule has 7 nitrogen and oxygen atoms in total. The van der Waals surface area contributed by atoms with Crippen LogP contribution in [0.25, 0.3) is 0 Å². The number of carbonyl (C=O) groups is 1. The minimum Gasteiger partial charge on any atom is -1.00 e. The van der Waals surface area contributed by atoms with E-state index in [1.54, 1.807) is 6.92 Å². The van der Waals surface area contributed by atoms with Gasteiger partial charge in [0, 0.05) is 6.54 Å². The van der Waals surface area contributed by atoms with Crippen molar-refractivity contribution in [3.63, 3.8) is 0 Å². The maximum Gasteiger partial charge on any atom is 1.00 e. The van der Waals surface area contributed by atoms with E-state index in [0.717, 1.165) is 18.7 Å². The Morgan fingerprint density at radius 1 is 1.07 bits per heavy atom. The molecule has 144 valence electrons. The van der Waals surface area contributed by atoms with Crippen molar-refractivity contribution in [3.8, 4) is 5.75 Å². The van der Waals surface area contributed by atoms with Gasteiger partial charge in [-0.2, -0.15) is 8.42 Å². The number of hydrogen-bond donors (Lipinski definition) is 1. The fourth-order valence-corrected chi connectivity index (χ4v) is 2.35. The SMILES string of the molecule is CCOC(=O)Oc1ccc(S(=O)(=O)O)cc1.CN(C)Cc1ccccc1.[H-].[Na+]. The van der Waals surface area contributed by atoms with Crippen LogP contribution in [-0.2, 0) is 21.4 Å². The number of nitrogens with zero attached hydrogens (tertiary/aromatic N) is 1. The van der Waals surface area contributed by atoms with E-state index in [1.165, 1.54) is 17.7 Å². The largest absolute Gasteiger partial charge is 1.00 e. The van der Waals surface area contributed by atoms with E-state index >= 15 is 0 Å². The molecule has 2 aromatic carbocycles. The summed E-state index contributed by atoms with van der Waals surface area (Å²) in [7, 11) is -0.0772. The molecule has 1 N–H and O–H groups in total. The van der Waals surface area contributed by atoms with Gasteiger partial charge < -0.3 is 15.8 Å². The van der Waals surface area contributed by atoms with Crippen LogP contribution in [0.1, 0.15) is 13.9 Å². The van der Waals surface area contributed by atoms with Gasteiger partial charge in [-0.1, -0.05) is 30.3 Å². The summed E-state index contributed by atoms with van der Waals surface area (Å²) in [5.41, 5.74) is 1.37. The van der Waals surface area contributed by atoms with Crippen molar-refractivity contribution in [2.24, 2.45) is 0 Å². The average Bonchev–Trinajstić information content (AvgIpc) is 2.55. The van der Waals surface area contributed by atoms with Crippen LogP contribution in [0.3, 0.4) is 0 Å². The Balaban J connectivity index is 0. The molecule has 0 aromatic heterocycles. The Hall–Kier alpha value is -1.42. The van der Waals surface area contributed by atoms with Gasteiger partial charge in [-0.25, -0.2) is 4.79 Å². The predicted molar refractivity (Wildman–Crippen MR) is 98.9 cm³/mol. The molecule has 0 amide bonds. The molecule has 9 heteroatoms. The van der Waals surface area contributed by atoms with Crippen molar-refractivity contribution in [1.82, 2.24) is 4.90 Å². The Bertz CT molecular complexity index is 785. The van der Waals surface area contributed by atoms with E-state index < -0.39 is 16.3 Å². The summed E-state index contributed by atoms with van der Waals surface area (Å²) in [6.45, 7) is 2.84. The van der Waals surface area contributed by atoms with Gasteiger partial charge in [-0.15, -0.1) is 0 Å². The number of hydrogen-bond acceptors (Lipinski definition) is 6. The van der Waals surface area contributed by atoms with Crippen LogP contribution in [0.15, 0.2) is 59.5 Å². The zero-order valence-electron chi connectivity index (χ0n) is 17.0. The first kappa shape index (κ1) is 25.6. The number of rotatable bonds is 5. The van der Waals surface area contributed by atoms with Crippen molar-refractivity contribution >= 4 is 16.3 Å². The molecule has 0 aliphatic carbocycles. The van der Waals surface area contributed by atoms with E-state index in [1.807, 2.05) is 6.07 Å². The third-order valence-electron chi connectivity index (χ3n) is 2.93. The quantitative estimate of drug-likeness (QED) is 0.332. The van der Waals surface area contributed by atoms with Crippen molar-refractivity contribution in [2.75, 3.05) is 20.7 Å². The van der Waals surface area contributed by atoms with E-state index in [-0.39, 0.29) is 48.2 Å². The summed E-state index contributed by atoms with van der Waals surface area (Å²) in [5, 5.41) is 0. The van der Waals surface area contributed by atoms with Gasteiger partial charge in [0.15, 0.2) is 0 Å². The second-order valence-electron chi connectivity index (χ2n) is 5.45. The molecule has 0 aliphatic heterocycles. The molecular weight excluding hydrogens is 381 g/mol. The predicted octanol–water partition coefficient (Wildman–Crippen LogP) is 0.333. The second kappa shape index (κ2) is 12.9. The molecule has 0 spiro atoms. The molecule has 27 heavy (non-hydrogen) atoms. The van der Waals surface area contributed by atoms with E-state index in [0.29, 0.717) is 0 Å². The van der Waals surface area contributed by atoms with Crippen LogP contribution in [0, 0.1) is 0 Å². The molecule has 0 fully saturated rings.